The first-order chi connectivity index (χ1) is 12.1. The van der Waals surface area contributed by atoms with Gasteiger partial charge in [0.1, 0.15) is 0 Å². The second-order valence-electron chi connectivity index (χ2n) is 6.64. The van der Waals surface area contributed by atoms with Gasteiger partial charge in [-0.15, -0.1) is 0 Å². The fourth-order valence-corrected chi connectivity index (χ4v) is 3.05. The van der Waals surface area contributed by atoms with Gasteiger partial charge < -0.3 is 15.3 Å². The number of carbonyl (C=O) groups excluding carboxylic acids is 1. The predicted octanol–water partition coefficient (Wildman–Crippen LogP) is 3.26. The van der Waals surface area contributed by atoms with Gasteiger partial charge in [-0.05, 0) is 57.7 Å². The minimum absolute atomic E-state index is 0.0746. The van der Waals surface area contributed by atoms with Crippen LogP contribution in [-0.2, 0) is 0 Å². The van der Waals surface area contributed by atoms with Gasteiger partial charge >= 0.3 is 6.03 Å². The number of aryl methyl sites for hydroxylation is 2. The van der Waals surface area contributed by atoms with Gasteiger partial charge in [0.2, 0.25) is 0 Å². The van der Waals surface area contributed by atoms with Crippen molar-refractivity contribution in [2.24, 2.45) is 0 Å². The van der Waals surface area contributed by atoms with Crippen molar-refractivity contribution >= 4 is 11.7 Å². The molecule has 2 N–H and O–H groups in total. The van der Waals surface area contributed by atoms with E-state index in [2.05, 4.69) is 10.4 Å². The van der Waals surface area contributed by atoms with Crippen molar-refractivity contribution in [3.8, 4) is 5.69 Å². The van der Waals surface area contributed by atoms with Crippen molar-refractivity contribution in [2.45, 2.75) is 45.6 Å². The molecule has 0 radical (unpaired) electrons. The molecule has 1 fully saturated rings. The summed E-state index contributed by atoms with van der Waals surface area (Å²) >= 11 is 0. The van der Waals surface area contributed by atoms with E-state index >= 15 is 0 Å². The zero-order valence-corrected chi connectivity index (χ0v) is 14.9. The molecule has 2 amide bonds. The SMILES string of the molecule is Cc1cc(C)n(-c2ccccc2NC(=O)N(CCCCO)C2CC2)n1. The molecule has 0 saturated heterocycles. The van der Waals surface area contributed by atoms with Gasteiger partial charge in [-0.2, -0.15) is 5.10 Å². The first kappa shape index (κ1) is 17.5. The van der Waals surface area contributed by atoms with Gasteiger partial charge in [-0.3, -0.25) is 0 Å². The van der Waals surface area contributed by atoms with E-state index in [1.165, 1.54) is 0 Å². The number of aliphatic hydroxyl groups is 1. The van der Waals surface area contributed by atoms with Crippen LogP contribution in [0.4, 0.5) is 10.5 Å². The van der Waals surface area contributed by atoms with Gasteiger partial charge in [-0.1, -0.05) is 12.1 Å². The smallest absolute Gasteiger partial charge is 0.322 e. The molecule has 0 bridgehead atoms. The number of anilines is 1. The minimum atomic E-state index is -0.0746. The normalized spacial score (nSPS) is 13.7. The molecule has 0 aliphatic heterocycles. The average molecular weight is 342 g/mol. The summed E-state index contributed by atoms with van der Waals surface area (Å²) in [5.74, 6) is 0. The number of aromatic nitrogens is 2. The number of hydrogen-bond donors (Lipinski definition) is 2. The molecule has 0 atom stereocenters. The highest BCUT2D eigenvalue weighted by atomic mass is 16.3. The molecule has 0 unspecified atom stereocenters. The van der Waals surface area contributed by atoms with Crippen LogP contribution in [0.5, 0.6) is 0 Å². The van der Waals surface area contributed by atoms with Crippen molar-refractivity contribution in [3.63, 3.8) is 0 Å². The van der Waals surface area contributed by atoms with Gasteiger partial charge in [-0.25, -0.2) is 9.48 Å². The summed E-state index contributed by atoms with van der Waals surface area (Å²) in [6, 6.07) is 10.0. The summed E-state index contributed by atoms with van der Waals surface area (Å²) in [5.41, 5.74) is 3.60. The van der Waals surface area contributed by atoms with Crippen LogP contribution in [0.3, 0.4) is 0 Å². The van der Waals surface area contributed by atoms with Crippen molar-refractivity contribution in [1.29, 1.82) is 0 Å². The lowest BCUT2D eigenvalue weighted by Crippen LogP contribution is -2.37. The third-order valence-corrected chi connectivity index (χ3v) is 4.44. The molecule has 1 aliphatic rings. The standard InChI is InChI=1S/C19H26N4O2/c1-14-13-15(2)23(21-14)18-8-4-3-7-17(18)20-19(25)22(16-9-10-16)11-5-6-12-24/h3-4,7-8,13,16,24H,5-6,9-12H2,1-2H3,(H,20,25). The molecule has 1 aromatic carbocycles. The van der Waals surface area contributed by atoms with Crippen LogP contribution in [0.2, 0.25) is 0 Å². The van der Waals surface area contributed by atoms with E-state index in [0.717, 1.165) is 48.4 Å². The van der Waals surface area contributed by atoms with E-state index in [0.29, 0.717) is 12.6 Å². The topological polar surface area (TPSA) is 70.4 Å². The minimum Gasteiger partial charge on any atom is -0.396 e. The maximum atomic E-state index is 12.8. The summed E-state index contributed by atoms with van der Waals surface area (Å²) in [5, 5.41) is 16.6. The molecule has 3 rings (SSSR count). The number of unbranched alkanes of at least 4 members (excludes halogenated alkanes) is 1. The molecule has 25 heavy (non-hydrogen) atoms. The maximum Gasteiger partial charge on any atom is 0.322 e. The largest absolute Gasteiger partial charge is 0.396 e. The molecule has 134 valence electrons. The highest BCUT2D eigenvalue weighted by Crippen LogP contribution is 2.29. The third-order valence-electron chi connectivity index (χ3n) is 4.44. The maximum absolute atomic E-state index is 12.8. The van der Waals surface area contributed by atoms with Crippen LogP contribution in [0.1, 0.15) is 37.1 Å². The van der Waals surface area contributed by atoms with E-state index in [1.807, 2.05) is 53.8 Å². The molecule has 2 aromatic rings. The summed E-state index contributed by atoms with van der Waals surface area (Å²) < 4.78 is 1.86. The Kier molecular flexibility index (Phi) is 5.38. The van der Waals surface area contributed by atoms with Crippen molar-refractivity contribution in [1.82, 2.24) is 14.7 Å². The summed E-state index contributed by atoms with van der Waals surface area (Å²) in [4.78, 5) is 14.7. The predicted molar refractivity (Wildman–Crippen MR) is 98.1 cm³/mol. The molecule has 6 heteroatoms. The van der Waals surface area contributed by atoms with E-state index < -0.39 is 0 Å². The number of nitrogens with one attached hydrogen (secondary N) is 1. The number of amides is 2. The van der Waals surface area contributed by atoms with E-state index in [9.17, 15) is 4.79 Å². The Morgan fingerprint density at radius 3 is 2.72 bits per heavy atom. The Bertz CT molecular complexity index is 737. The lowest BCUT2D eigenvalue weighted by molar-refractivity contribution is 0.204. The van der Waals surface area contributed by atoms with E-state index in [-0.39, 0.29) is 12.6 Å². The van der Waals surface area contributed by atoms with E-state index in [1.54, 1.807) is 0 Å². The zero-order chi connectivity index (χ0) is 17.8. The molecular weight excluding hydrogens is 316 g/mol. The van der Waals surface area contributed by atoms with Crippen LogP contribution in [0.25, 0.3) is 5.69 Å². The summed E-state index contributed by atoms with van der Waals surface area (Å²) in [6.07, 6.45) is 3.66. The summed E-state index contributed by atoms with van der Waals surface area (Å²) in [6.45, 7) is 4.81. The lowest BCUT2D eigenvalue weighted by atomic mass is 10.2. The van der Waals surface area contributed by atoms with Crippen LogP contribution in [-0.4, -0.2) is 45.0 Å². The monoisotopic (exact) mass is 342 g/mol. The molecule has 1 saturated carbocycles. The first-order valence-corrected chi connectivity index (χ1v) is 8.91. The van der Waals surface area contributed by atoms with Crippen molar-refractivity contribution < 1.29 is 9.90 Å². The van der Waals surface area contributed by atoms with Gasteiger partial charge in [0, 0.05) is 24.9 Å². The average Bonchev–Trinajstić information content (AvgIpc) is 3.36. The number of carbonyl (C=O) groups is 1. The molecular formula is C19H26N4O2. The Balaban J connectivity index is 1.78. The quantitative estimate of drug-likeness (QED) is 0.759. The van der Waals surface area contributed by atoms with Crippen molar-refractivity contribution in [2.75, 3.05) is 18.5 Å². The Hall–Kier alpha value is -2.34. The molecule has 1 aromatic heterocycles. The zero-order valence-electron chi connectivity index (χ0n) is 14.9. The number of rotatable bonds is 7. The lowest BCUT2D eigenvalue weighted by Gasteiger charge is -2.23. The number of nitrogens with zero attached hydrogens (tertiary/aromatic N) is 3. The molecule has 6 nitrogen and oxygen atoms in total. The Morgan fingerprint density at radius 2 is 2.08 bits per heavy atom. The number of benzene rings is 1. The fraction of sp³-hybridized carbons (Fsp3) is 0.474. The van der Waals surface area contributed by atoms with E-state index in [4.69, 9.17) is 5.11 Å². The second kappa shape index (κ2) is 7.70. The fourth-order valence-electron chi connectivity index (χ4n) is 3.05. The van der Waals surface area contributed by atoms with Crippen molar-refractivity contribution in [3.05, 3.63) is 41.7 Å². The number of aliphatic hydroxyl groups excluding tert-OH is 1. The molecule has 1 aliphatic carbocycles. The van der Waals surface area contributed by atoms with Crippen LogP contribution in [0.15, 0.2) is 30.3 Å². The van der Waals surface area contributed by atoms with Crippen LogP contribution >= 0.6 is 0 Å². The molecule has 1 heterocycles. The summed E-state index contributed by atoms with van der Waals surface area (Å²) in [7, 11) is 0. The highest BCUT2D eigenvalue weighted by molar-refractivity contribution is 5.92. The van der Waals surface area contributed by atoms with Crippen LogP contribution < -0.4 is 5.32 Å². The Morgan fingerprint density at radius 1 is 1.32 bits per heavy atom. The third kappa shape index (κ3) is 4.20. The number of para-hydroxylation sites is 2. The number of urea groups is 1. The highest BCUT2D eigenvalue weighted by Gasteiger charge is 2.32. The molecule has 0 spiro atoms. The van der Waals surface area contributed by atoms with Gasteiger partial charge in [0.05, 0.1) is 17.1 Å². The Labute approximate surface area is 148 Å². The van der Waals surface area contributed by atoms with Gasteiger partial charge in [0.25, 0.3) is 0 Å². The number of hydrogen-bond acceptors (Lipinski definition) is 3. The van der Waals surface area contributed by atoms with Crippen LogP contribution in [0, 0.1) is 13.8 Å². The van der Waals surface area contributed by atoms with Gasteiger partial charge in [0.15, 0.2) is 0 Å². The first-order valence-electron chi connectivity index (χ1n) is 8.91. The second-order valence-corrected chi connectivity index (χ2v) is 6.64.